The molecule has 100 valence electrons. The van der Waals surface area contributed by atoms with Crippen molar-refractivity contribution in [2.24, 2.45) is 11.3 Å². The van der Waals surface area contributed by atoms with Crippen LogP contribution in [0.3, 0.4) is 0 Å². The van der Waals surface area contributed by atoms with Crippen LogP contribution in [0.25, 0.3) is 0 Å². The third-order valence-electron chi connectivity index (χ3n) is 4.00. The Morgan fingerprint density at radius 2 is 2.33 bits per heavy atom. The van der Waals surface area contributed by atoms with Crippen molar-refractivity contribution in [2.75, 3.05) is 13.7 Å². The molecule has 5 nitrogen and oxygen atoms in total. The van der Waals surface area contributed by atoms with Crippen LogP contribution >= 0.6 is 0 Å². The summed E-state index contributed by atoms with van der Waals surface area (Å²) in [4.78, 5) is 23.9. The highest BCUT2D eigenvalue weighted by atomic mass is 16.5. The lowest BCUT2D eigenvalue weighted by Gasteiger charge is -2.16. The van der Waals surface area contributed by atoms with E-state index in [1.54, 1.807) is 6.08 Å². The van der Waals surface area contributed by atoms with E-state index in [0.29, 0.717) is 19.4 Å². The first-order valence-corrected chi connectivity index (χ1v) is 6.18. The topological polar surface area (TPSA) is 75.6 Å². The molecule has 0 radical (unpaired) electrons. The Hall–Kier alpha value is -1.20. The molecule has 1 heterocycles. The van der Waals surface area contributed by atoms with Crippen LogP contribution in [0.5, 0.6) is 0 Å². The number of carbonyl (C=O) groups excluding carboxylic acids is 2. The molecule has 2 N–H and O–H groups in total. The van der Waals surface area contributed by atoms with Crippen molar-refractivity contribution in [2.45, 2.75) is 31.4 Å². The van der Waals surface area contributed by atoms with Gasteiger partial charge in [-0.25, -0.2) is 0 Å². The minimum Gasteiger partial charge on any atom is -0.469 e. The van der Waals surface area contributed by atoms with Gasteiger partial charge in [-0.15, -0.1) is 6.58 Å². The number of carbonyl (C=O) groups is 2. The minimum absolute atomic E-state index is 0.0266. The second-order valence-corrected chi connectivity index (χ2v) is 5.19. The normalized spacial score (nSPS) is 38.2. The van der Waals surface area contributed by atoms with Gasteiger partial charge in [-0.1, -0.05) is 6.08 Å². The highest BCUT2D eigenvalue weighted by Gasteiger charge is 2.60. The Balaban J connectivity index is 2.00. The molecule has 2 fully saturated rings. The highest BCUT2D eigenvalue weighted by molar-refractivity contribution is 5.92. The maximum absolute atomic E-state index is 12.1. The molecule has 2 rings (SSSR count). The lowest BCUT2D eigenvalue weighted by molar-refractivity contribution is -0.149. The Morgan fingerprint density at radius 1 is 1.61 bits per heavy atom. The molecule has 4 atom stereocenters. The van der Waals surface area contributed by atoms with Crippen molar-refractivity contribution in [1.82, 2.24) is 5.32 Å². The standard InChI is InChI=1S/C13H19NO4/c1-3-8-5-13(8,12(17)18-2)6-11(16)10-4-9(15)7-14-10/h3,8-10,14-15H,1,4-7H2,2H3/t8-,9-,10+,13?/m1/s1. The summed E-state index contributed by atoms with van der Waals surface area (Å²) < 4.78 is 4.79. The molecule has 0 aromatic carbocycles. The first-order chi connectivity index (χ1) is 8.53. The highest BCUT2D eigenvalue weighted by Crippen LogP contribution is 2.57. The van der Waals surface area contributed by atoms with Crippen molar-refractivity contribution in [3.05, 3.63) is 12.7 Å². The number of Topliss-reactive ketones (excluding diaryl/α,β-unsaturated/α-hetero) is 1. The van der Waals surface area contributed by atoms with Gasteiger partial charge in [0.1, 0.15) is 0 Å². The molecule has 0 spiro atoms. The zero-order valence-corrected chi connectivity index (χ0v) is 10.5. The number of hydrogen-bond donors (Lipinski definition) is 2. The fraction of sp³-hybridized carbons (Fsp3) is 0.692. The summed E-state index contributed by atoms with van der Waals surface area (Å²) in [7, 11) is 1.34. The van der Waals surface area contributed by atoms with Gasteiger partial charge in [0.15, 0.2) is 5.78 Å². The lowest BCUT2D eigenvalue weighted by atomic mass is 9.92. The molecule has 0 aromatic heterocycles. The Kier molecular flexibility index (Phi) is 3.54. The number of β-amino-alcohol motifs (C(OH)–C–C–N with tert-alkyl or cyclic N) is 1. The van der Waals surface area contributed by atoms with Crippen LogP contribution in [0.1, 0.15) is 19.3 Å². The summed E-state index contributed by atoms with van der Waals surface area (Å²) in [6.07, 6.45) is 2.46. The van der Waals surface area contributed by atoms with Gasteiger partial charge in [-0.05, 0) is 18.8 Å². The smallest absolute Gasteiger partial charge is 0.312 e. The molecule has 5 heteroatoms. The summed E-state index contributed by atoms with van der Waals surface area (Å²) >= 11 is 0. The largest absolute Gasteiger partial charge is 0.469 e. The first-order valence-electron chi connectivity index (χ1n) is 6.18. The maximum Gasteiger partial charge on any atom is 0.312 e. The third kappa shape index (κ3) is 2.20. The average molecular weight is 253 g/mol. The quantitative estimate of drug-likeness (QED) is 0.534. The number of esters is 1. The van der Waals surface area contributed by atoms with Gasteiger partial charge in [-0.2, -0.15) is 0 Å². The number of methoxy groups -OCH3 is 1. The molecule has 0 bridgehead atoms. The van der Waals surface area contributed by atoms with E-state index >= 15 is 0 Å². The van der Waals surface area contributed by atoms with Crippen molar-refractivity contribution in [1.29, 1.82) is 0 Å². The summed E-state index contributed by atoms with van der Waals surface area (Å²) in [5.74, 6) is -0.333. The Morgan fingerprint density at radius 3 is 2.78 bits per heavy atom. The first kappa shape index (κ1) is 13.2. The summed E-state index contributed by atoms with van der Waals surface area (Å²) in [5, 5.41) is 12.4. The number of allylic oxidation sites excluding steroid dienone is 1. The second kappa shape index (κ2) is 4.82. The van der Waals surface area contributed by atoms with Crippen molar-refractivity contribution in [3.63, 3.8) is 0 Å². The van der Waals surface area contributed by atoms with Gasteiger partial charge >= 0.3 is 5.97 Å². The van der Waals surface area contributed by atoms with Gasteiger partial charge in [-0.3, -0.25) is 9.59 Å². The monoisotopic (exact) mass is 253 g/mol. The Labute approximate surface area is 106 Å². The molecular formula is C13H19NO4. The van der Waals surface area contributed by atoms with Crippen molar-refractivity contribution < 1.29 is 19.4 Å². The minimum atomic E-state index is -0.706. The molecule has 1 saturated heterocycles. The number of aliphatic hydroxyl groups is 1. The van der Waals surface area contributed by atoms with Gasteiger partial charge in [0.25, 0.3) is 0 Å². The van der Waals surface area contributed by atoms with Crippen LogP contribution in [0.15, 0.2) is 12.7 Å². The number of ketones is 1. The van der Waals surface area contributed by atoms with Crippen LogP contribution in [0.2, 0.25) is 0 Å². The van der Waals surface area contributed by atoms with Crippen molar-refractivity contribution >= 4 is 11.8 Å². The van der Waals surface area contributed by atoms with Crippen LogP contribution in [0.4, 0.5) is 0 Å². The van der Waals surface area contributed by atoms with E-state index in [0.717, 1.165) is 0 Å². The molecule has 0 aromatic rings. The SMILES string of the molecule is C=C[C@@H]1CC1(CC(=O)[C@@H]1C[C@@H](O)CN1)C(=O)OC. The summed E-state index contributed by atoms with van der Waals surface area (Å²) in [6, 6.07) is -0.340. The average Bonchev–Trinajstić information content (AvgIpc) is 2.90. The third-order valence-corrected chi connectivity index (χ3v) is 4.00. The number of hydrogen-bond acceptors (Lipinski definition) is 5. The van der Waals surface area contributed by atoms with E-state index < -0.39 is 11.5 Å². The van der Waals surface area contributed by atoms with Gasteiger partial charge in [0, 0.05) is 13.0 Å². The van der Waals surface area contributed by atoms with Gasteiger partial charge in [0.05, 0.1) is 24.7 Å². The number of ether oxygens (including phenoxy) is 1. The fourth-order valence-electron chi connectivity index (χ4n) is 2.75. The molecule has 1 unspecified atom stereocenters. The van der Waals surface area contributed by atoms with Crippen LogP contribution in [-0.2, 0) is 14.3 Å². The van der Waals surface area contributed by atoms with E-state index in [-0.39, 0.29) is 30.1 Å². The second-order valence-electron chi connectivity index (χ2n) is 5.19. The molecule has 1 saturated carbocycles. The molecule has 18 heavy (non-hydrogen) atoms. The molecule has 0 amide bonds. The number of nitrogens with one attached hydrogen (secondary N) is 1. The number of rotatable bonds is 5. The van der Waals surface area contributed by atoms with E-state index in [1.165, 1.54) is 7.11 Å². The molecule has 1 aliphatic heterocycles. The fourth-order valence-corrected chi connectivity index (χ4v) is 2.75. The van der Waals surface area contributed by atoms with Crippen LogP contribution < -0.4 is 5.32 Å². The molecule has 1 aliphatic carbocycles. The lowest BCUT2D eigenvalue weighted by Crippen LogP contribution is -2.34. The molecule has 2 aliphatic rings. The maximum atomic E-state index is 12.1. The Bertz CT molecular complexity index is 381. The van der Waals surface area contributed by atoms with E-state index in [9.17, 15) is 14.7 Å². The summed E-state index contributed by atoms with van der Waals surface area (Å²) in [5.41, 5.74) is -0.706. The van der Waals surface area contributed by atoms with E-state index in [4.69, 9.17) is 4.74 Å². The zero-order chi connectivity index (χ0) is 13.3. The predicted octanol–water partition coefficient (Wildman–Crippen LogP) is 0.0337. The number of aliphatic hydroxyl groups excluding tert-OH is 1. The molecular weight excluding hydrogens is 234 g/mol. The van der Waals surface area contributed by atoms with Crippen molar-refractivity contribution in [3.8, 4) is 0 Å². The van der Waals surface area contributed by atoms with Gasteiger partial charge in [0.2, 0.25) is 0 Å². The summed E-state index contributed by atoms with van der Waals surface area (Å²) in [6.45, 7) is 4.11. The van der Waals surface area contributed by atoms with E-state index in [1.807, 2.05) is 0 Å². The van der Waals surface area contributed by atoms with E-state index in [2.05, 4.69) is 11.9 Å². The van der Waals surface area contributed by atoms with Gasteiger partial charge < -0.3 is 15.2 Å². The predicted molar refractivity (Wildman–Crippen MR) is 64.8 cm³/mol. The van der Waals surface area contributed by atoms with Crippen LogP contribution in [0, 0.1) is 11.3 Å². The van der Waals surface area contributed by atoms with Crippen LogP contribution in [-0.4, -0.2) is 42.7 Å². The zero-order valence-electron chi connectivity index (χ0n) is 10.5.